The van der Waals surface area contributed by atoms with Crippen LogP contribution in [0.3, 0.4) is 0 Å². The van der Waals surface area contributed by atoms with Gasteiger partial charge in [-0.3, -0.25) is 14.5 Å². The third-order valence-electron chi connectivity index (χ3n) is 9.63. The van der Waals surface area contributed by atoms with E-state index < -0.39 is 41.3 Å². The van der Waals surface area contributed by atoms with Gasteiger partial charge in [0.05, 0.1) is 23.1 Å². The highest BCUT2D eigenvalue weighted by molar-refractivity contribution is 6.09. The first kappa shape index (κ1) is 33.2. The zero-order valence-corrected chi connectivity index (χ0v) is 27.3. The fraction of sp³-hybridized carbons (Fsp3) is 0.333. The summed E-state index contributed by atoms with van der Waals surface area (Å²) in [5.74, 6) is -2.73. The second kappa shape index (κ2) is 13.5. The Morgan fingerprint density at radius 1 is 0.896 bits per heavy atom. The third kappa shape index (κ3) is 6.68. The van der Waals surface area contributed by atoms with Crippen LogP contribution in [0.2, 0.25) is 0 Å². The molecule has 0 saturated heterocycles. The van der Waals surface area contributed by atoms with Crippen LogP contribution in [-0.4, -0.2) is 17.9 Å². The highest BCUT2D eigenvalue weighted by Crippen LogP contribution is 2.45. The second-order valence-corrected chi connectivity index (χ2v) is 13.0. The highest BCUT2D eigenvalue weighted by atomic mass is 19.4. The molecule has 0 radical (unpaired) electrons. The Morgan fingerprint density at radius 3 is 2.27 bits per heavy atom. The van der Waals surface area contributed by atoms with Gasteiger partial charge in [0.1, 0.15) is 5.82 Å². The molecular weight excluding hydrogens is 618 g/mol. The first-order valence-electron chi connectivity index (χ1n) is 16.5. The van der Waals surface area contributed by atoms with Crippen molar-refractivity contribution in [1.29, 1.82) is 0 Å². The number of benzene rings is 4. The molecule has 5 nitrogen and oxygen atoms in total. The lowest BCUT2D eigenvalue weighted by Crippen LogP contribution is -2.47. The van der Waals surface area contributed by atoms with Crippen molar-refractivity contribution in [2.24, 2.45) is 5.92 Å². The molecule has 48 heavy (non-hydrogen) atoms. The largest absolute Gasteiger partial charge is 0.416 e. The number of carbonyl (C=O) groups excluding carboxylic acids is 2. The molecule has 2 aliphatic rings. The Labute approximate surface area is 278 Å². The summed E-state index contributed by atoms with van der Waals surface area (Å²) in [6, 6.07) is 20.9. The van der Waals surface area contributed by atoms with Crippen LogP contribution in [0.25, 0.3) is 0 Å². The van der Waals surface area contributed by atoms with Gasteiger partial charge in [0.2, 0.25) is 5.91 Å². The van der Waals surface area contributed by atoms with Crippen LogP contribution in [0.4, 0.5) is 34.6 Å². The molecule has 0 bridgehead atoms. The summed E-state index contributed by atoms with van der Waals surface area (Å²) in [5.41, 5.74) is 3.43. The third-order valence-corrected chi connectivity index (χ3v) is 9.63. The maximum absolute atomic E-state index is 15.4. The fourth-order valence-corrected chi connectivity index (χ4v) is 7.21. The topological polar surface area (TPSA) is 61.4 Å². The van der Waals surface area contributed by atoms with E-state index in [1.165, 1.54) is 42.0 Å². The predicted molar refractivity (Wildman–Crippen MR) is 181 cm³/mol. The zero-order chi connectivity index (χ0) is 34.2. The standard InChI is InChI=1S/C39H39F4N3O2/c1-4-25-13-18-30(22-32(25)39(41,42)43)45-37(47)31-21-27-20-23(2)12-19-34(27)46(38(48)35-24(3)8-7-11-33(35)40)36(31)26-14-16-29(17-15-26)44-28-9-5-6-10-28/h7-8,11-20,22,28,31,36,44H,4-6,9-10,21H2,1-3H3,(H,45,47)/t31-,36?/m0/s1. The van der Waals surface area contributed by atoms with Crippen molar-refractivity contribution in [3.63, 3.8) is 0 Å². The Balaban J connectivity index is 1.45. The average molecular weight is 658 g/mol. The molecule has 2 amide bonds. The number of nitrogens with zero attached hydrogens (tertiary/aromatic N) is 1. The van der Waals surface area contributed by atoms with E-state index in [1.54, 1.807) is 19.9 Å². The number of aryl methyl sites for hydroxylation is 3. The van der Waals surface area contributed by atoms with Crippen molar-refractivity contribution in [2.45, 2.75) is 77.6 Å². The number of carbonyl (C=O) groups is 2. The lowest BCUT2D eigenvalue weighted by Gasteiger charge is -2.42. The maximum atomic E-state index is 15.4. The molecule has 1 heterocycles. The molecule has 1 aliphatic carbocycles. The van der Waals surface area contributed by atoms with E-state index >= 15 is 4.39 Å². The van der Waals surface area contributed by atoms with Crippen molar-refractivity contribution in [3.8, 4) is 0 Å². The summed E-state index contributed by atoms with van der Waals surface area (Å²) in [6.45, 7) is 5.21. The minimum absolute atomic E-state index is 0.0113. The van der Waals surface area contributed by atoms with Gasteiger partial charge in [-0.05, 0) is 98.2 Å². The Morgan fingerprint density at radius 2 is 1.60 bits per heavy atom. The summed E-state index contributed by atoms with van der Waals surface area (Å²) in [5, 5.41) is 6.30. The van der Waals surface area contributed by atoms with Crippen LogP contribution in [0, 0.1) is 25.6 Å². The Kier molecular flexibility index (Phi) is 9.32. The molecule has 2 atom stereocenters. The van der Waals surface area contributed by atoms with Gasteiger partial charge in [0.25, 0.3) is 5.91 Å². The number of amides is 2. The monoisotopic (exact) mass is 657 g/mol. The molecule has 6 rings (SSSR count). The molecule has 1 saturated carbocycles. The van der Waals surface area contributed by atoms with E-state index in [0.717, 1.165) is 30.2 Å². The summed E-state index contributed by atoms with van der Waals surface area (Å²) in [4.78, 5) is 30.3. The van der Waals surface area contributed by atoms with Gasteiger partial charge in [-0.1, -0.05) is 67.8 Å². The number of nitrogens with one attached hydrogen (secondary N) is 2. The zero-order valence-electron chi connectivity index (χ0n) is 27.3. The van der Waals surface area contributed by atoms with Crippen molar-refractivity contribution in [1.82, 2.24) is 0 Å². The van der Waals surface area contributed by atoms with E-state index in [0.29, 0.717) is 28.4 Å². The quantitative estimate of drug-likeness (QED) is 0.195. The second-order valence-electron chi connectivity index (χ2n) is 13.0. The van der Waals surface area contributed by atoms with Gasteiger partial charge in [0.15, 0.2) is 0 Å². The van der Waals surface area contributed by atoms with Crippen LogP contribution in [-0.2, 0) is 23.8 Å². The van der Waals surface area contributed by atoms with Crippen LogP contribution in [0.15, 0.2) is 78.9 Å². The van der Waals surface area contributed by atoms with Gasteiger partial charge in [-0.15, -0.1) is 0 Å². The van der Waals surface area contributed by atoms with Gasteiger partial charge in [-0.2, -0.15) is 13.2 Å². The minimum Gasteiger partial charge on any atom is -0.382 e. The fourth-order valence-electron chi connectivity index (χ4n) is 7.21. The molecule has 0 spiro atoms. The molecule has 1 aliphatic heterocycles. The molecule has 4 aromatic rings. The first-order chi connectivity index (χ1) is 22.9. The molecule has 0 aromatic heterocycles. The molecule has 9 heteroatoms. The Bertz CT molecular complexity index is 1810. The number of hydrogen-bond acceptors (Lipinski definition) is 3. The minimum atomic E-state index is -4.59. The number of anilines is 3. The summed E-state index contributed by atoms with van der Waals surface area (Å²) in [7, 11) is 0. The molecule has 1 unspecified atom stereocenters. The molecule has 4 aromatic carbocycles. The highest BCUT2D eigenvalue weighted by Gasteiger charge is 2.43. The van der Waals surface area contributed by atoms with Crippen molar-refractivity contribution >= 4 is 28.9 Å². The molecule has 2 N–H and O–H groups in total. The van der Waals surface area contributed by atoms with Crippen LogP contribution in [0.5, 0.6) is 0 Å². The van der Waals surface area contributed by atoms with E-state index in [2.05, 4.69) is 10.6 Å². The molecular formula is C39H39F4N3O2. The van der Waals surface area contributed by atoms with Crippen molar-refractivity contribution in [3.05, 3.63) is 124 Å². The van der Waals surface area contributed by atoms with Crippen LogP contribution < -0.4 is 15.5 Å². The predicted octanol–water partition coefficient (Wildman–Crippen LogP) is 9.58. The number of hydrogen-bond donors (Lipinski definition) is 2. The van der Waals surface area contributed by atoms with Gasteiger partial charge < -0.3 is 10.6 Å². The molecule has 250 valence electrons. The lowest BCUT2D eigenvalue weighted by atomic mass is 9.80. The smallest absolute Gasteiger partial charge is 0.382 e. The van der Waals surface area contributed by atoms with Gasteiger partial charge in [-0.25, -0.2) is 4.39 Å². The summed E-state index contributed by atoms with van der Waals surface area (Å²) < 4.78 is 57.2. The van der Waals surface area contributed by atoms with E-state index in [1.807, 2.05) is 49.4 Å². The molecule has 1 fully saturated rings. The summed E-state index contributed by atoms with van der Waals surface area (Å²) in [6.07, 6.45) is 0.323. The number of rotatable bonds is 7. The van der Waals surface area contributed by atoms with Crippen LogP contribution >= 0.6 is 0 Å². The van der Waals surface area contributed by atoms with Gasteiger partial charge >= 0.3 is 6.18 Å². The number of fused-ring (bicyclic) bond motifs is 1. The first-order valence-corrected chi connectivity index (χ1v) is 16.5. The van der Waals surface area contributed by atoms with Gasteiger partial charge in [0, 0.05) is 23.1 Å². The Hall–Kier alpha value is -4.66. The normalized spacial score (nSPS) is 18.0. The van der Waals surface area contributed by atoms with Crippen molar-refractivity contribution < 1.29 is 27.2 Å². The maximum Gasteiger partial charge on any atom is 0.416 e. The van der Waals surface area contributed by atoms with Crippen molar-refractivity contribution in [2.75, 3.05) is 15.5 Å². The van der Waals surface area contributed by atoms with Crippen LogP contribution in [0.1, 0.15) is 82.4 Å². The SMILES string of the molecule is CCc1ccc(NC(=O)[C@H]2Cc3cc(C)ccc3N(C(=O)c3c(C)cccc3F)C2c2ccc(NC3CCCC3)cc2)cc1C(F)(F)F. The van der Waals surface area contributed by atoms with E-state index in [4.69, 9.17) is 0 Å². The average Bonchev–Trinajstić information content (AvgIpc) is 3.56. The summed E-state index contributed by atoms with van der Waals surface area (Å²) >= 11 is 0. The van der Waals surface area contributed by atoms with E-state index in [9.17, 15) is 22.8 Å². The lowest BCUT2D eigenvalue weighted by molar-refractivity contribution is -0.138. The number of alkyl halides is 3. The van der Waals surface area contributed by atoms with E-state index in [-0.39, 0.29) is 29.7 Å². The number of halogens is 4.